The van der Waals surface area contributed by atoms with Crippen LogP contribution in [-0.2, 0) is 11.4 Å². The van der Waals surface area contributed by atoms with Gasteiger partial charge >= 0.3 is 0 Å². The third-order valence-corrected chi connectivity index (χ3v) is 5.60. The van der Waals surface area contributed by atoms with Gasteiger partial charge in [0.25, 0.3) is 5.91 Å². The largest absolute Gasteiger partial charge is 0.322 e. The molecule has 0 aliphatic carbocycles. The highest BCUT2D eigenvalue weighted by atomic mass is 35.5. The average molecular weight is 495 g/mol. The van der Waals surface area contributed by atoms with Crippen molar-refractivity contribution in [3.05, 3.63) is 88.6 Å². The number of aromatic nitrogens is 4. The molecule has 0 bridgehead atoms. The first-order valence-electron chi connectivity index (χ1n) is 10.9. The van der Waals surface area contributed by atoms with Crippen molar-refractivity contribution >= 4 is 29.1 Å². The minimum absolute atomic E-state index is 0.00302. The molecule has 1 amide bonds. The third-order valence-electron chi connectivity index (χ3n) is 5.32. The molecule has 2 N–H and O–H groups in total. The fourth-order valence-corrected chi connectivity index (χ4v) is 3.50. The number of halogens is 2. The van der Waals surface area contributed by atoms with E-state index in [0.29, 0.717) is 27.4 Å². The monoisotopic (exact) mass is 494 g/mol. The summed E-state index contributed by atoms with van der Waals surface area (Å²) in [5, 5.41) is 7.58. The Morgan fingerprint density at radius 3 is 2.66 bits per heavy atom. The van der Waals surface area contributed by atoms with E-state index in [2.05, 4.69) is 25.9 Å². The zero-order valence-electron chi connectivity index (χ0n) is 19.4. The summed E-state index contributed by atoms with van der Waals surface area (Å²) in [5.74, 6) is -0.663. The van der Waals surface area contributed by atoms with Gasteiger partial charge in [0, 0.05) is 23.4 Å². The maximum atomic E-state index is 15.1. The number of benzene rings is 2. The molecule has 4 aromatic rings. The maximum Gasteiger partial charge on any atom is 0.274 e. The van der Waals surface area contributed by atoms with Crippen LogP contribution in [0.4, 0.5) is 16.0 Å². The van der Waals surface area contributed by atoms with E-state index in [0.717, 1.165) is 5.56 Å². The van der Waals surface area contributed by atoms with Gasteiger partial charge in [-0.05, 0) is 50.1 Å². The molecule has 0 aliphatic heterocycles. The van der Waals surface area contributed by atoms with Crippen LogP contribution in [0, 0.1) is 12.7 Å². The lowest BCUT2D eigenvalue weighted by atomic mass is 10.1. The van der Waals surface area contributed by atoms with Crippen LogP contribution in [0.5, 0.6) is 0 Å². The fourth-order valence-electron chi connectivity index (χ4n) is 3.30. The standard InChI is InChI=1S/C25H24ClFN6O2/c1-15(2)33-13-19(11-29-33)23-20(26)12-28-25(31-23)30-21-10-9-18(16(3)22(21)27)14-35-32-24(34)17-7-5-4-6-8-17/h4-13,15H,14H2,1-3H3,(H,32,34)(H,28,30,31). The van der Waals surface area contributed by atoms with E-state index in [1.54, 1.807) is 54.2 Å². The second kappa shape index (κ2) is 10.6. The number of nitrogens with one attached hydrogen (secondary N) is 2. The SMILES string of the molecule is Cc1c(CONC(=O)c2ccccc2)ccc(Nc2ncc(Cl)c(-c3cnn(C(C)C)c3)n2)c1F. The summed E-state index contributed by atoms with van der Waals surface area (Å²) in [5.41, 5.74) is 5.21. The third kappa shape index (κ3) is 5.64. The molecule has 180 valence electrons. The van der Waals surface area contributed by atoms with E-state index < -0.39 is 5.82 Å². The summed E-state index contributed by atoms with van der Waals surface area (Å²) in [7, 11) is 0. The molecule has 0 atom stereocenters. The lowest BCUT2D eigenvalue weighted by Gasteiger charge is -2.13. The summed E-state index contributed by atoms with van der Waals surface area (Å²) in [6.07, 6.45) is 4.98. The second-order valence-electron chi connectivity index (χ2n) is 8.12. The zero-order valence-corrected chi connectivity index (χ0v) is 20.2. The summed E-state index contributed by atoms with van der Waals surface area (Å²) in [6, 6.07) is 12.1. The lowest BCUT2D eigenvalue weighted by molar-refractivity contribution is 0.0231. The van der Waals surface area contributed by atoms with Gasteiger partial charge in [0.05, 0.1) is 28.8 Å². The Hall–Kier alpha value is -3.82. The minimum Gasteiger partial charge on any atom is -0.322 e. The number of anilines is 2. The predicted molar refractivity (Wildman–Crippen MR) is 132 cm³/mol. The number of carbonyl (C=O) groups is 1. The topological polar surface area (TPSA) is 94.0 Å². The van der Waals surface area contributed by atoms with E-state index in [-0.39, 0.29) is 30.2 Å². The number of nitrogens with zero attached hydrogens (tertiary/aromatic N) is 4. The summed E-state index contributed by atoms with van der Waals surface area (Å²) in [4.78, 5) is 26.0. The van der Waals surface area contributed by atoms with Crippen molar-refractivity contribution in [2.24, 2.45) is 0 Å². The molecular formula is C25H24ClFN6O2. The predicted octanol–water partition coefficient (Wildman–Crippen LogP) is 5.63. The number of rotatable bonds is 8. The number of hydroxylamine groups is 1. The van der Waals surface area contributed by atoms with E-state index in [1.165, 1.54) is 6.20 Å². The molecule has 35 heavy (non-hydrogen) atoms. The van der Waals surface area contributed by atoms with Gasteiger partial charge in [-0.25, -0.2) is 19.8 Å². The van der Waals surface area contributed by atoms with Gasteiger partial charge < -0.3 is 5.32 Å². The van der Waals surface area contributed by atoms with Gasteiger partial charge in [-0.3, -0.25) is 14.3 Å². The fraction of sp³-hybridized carbons (Fsp3) is 0.200. The average Bonchev–Trinajstić information content (AvgIpc) is 3.35. The van der Waals surface area contributed by atoms with Crippen molar-refractivity contribution in [1.29, 1.82) is 0 Å². The maximum absolute atomic E-state index is 15.1. The zero-order chi connectivity index (χ0) is 24.9. The second-order valence-corrected chi connectivity index (χ2v) is 8.52. The van der Waals surface area contributed by atoms with Gasteiger partial charge in [0.2, 0.25) is 5.95 Å². The lowest BCUT2D eigenvalue weighted by Crippen LogP contribution is -2.23. The van der Waals surface area contributed by atoms with Crippen molar-refractivity contribution < 1.29 is 14.0 Å². The first kappa shape index (κ1) is 24.3. The van der Waals surface area contributed by atoms with Crippen LogP contribution >= 0.6 is 11.6 Å². The highest BCUT2D eigenvalue weighted by Crippen LogP contribution is 2.29. The van der Waals surface area contributed by atoms with Crippen LogP contribution in [0.3, 0.4) is 0 Å². The van der Waals surface area contributed by atoms with Gasteiger partial charge in [-0.2, -0.15) is 5.10 Å². The molecule has 0 saturated carbocycles. The normalized spacial score (nSPS) is 11.0. The van der Waals surface area contributed by atoms with E-state index in [1.807, 2.05) is 26.1 Å². The van der Waals surface area contributed by atoms with Crippen LogP contribution in [0.15, 0.2) is 61.1 Å². The van der Waals surface area contributed by atoms with Gasteiger partial charge in [-0.15, -0.1) is 0 Å². The highest BCUT2D eigenvalue weighted by Gasteiger charge is 2.15. The molecule has 0 saturated heterocycles. The minimum atomic E-state index is -0.479. The molecule has 2 aromatic heterocycles. The molecule has 2 aromatic carbocycles. The van der Waals surface area contributed by atoms with Crippen LogP contribution in [0.1, 0.15) is 41.4 Å². The van der Waals surface area contributed by atoms with Crippen molar-refractivity contribution in [3.63, 3.8) is 0 Å². The van der Waals surface area contributed by atoms with Gasteiger partial charge in [-0.1, -0.05) is 35.9 Å². The molecular weight excluding hydrogens is 471 g/mol. The summed E-state index contributed by atoms with van der Waals surface area (Å²) >= 11 is 6.30. The van der Waals surface area contributed by atoms with E-state index >= 15 is 4.39 Å². The number of hydrogen-bond acceptors (Lipinski definition) is 6. The highest BCUT2D eigenvalue weighted by molar-refractivity contribution is 6.32. The quantitative estimate of drug-likeness (QED) is 0.308. The number of hydrogen-bond donors (Lipinski definition) is 2. The Morgan fingerprint density at radius 1 is 1.17 bits per heavy atom. The molecule has 0 fully saturated rings. The molecule has 0 spiro atoms. The Morgan fingerprint density at radius 2 is 1.94 bits per heavy atom. The molecule has 8 nitrogen and oxygen atoms in total. The Balaban J connectivity index is 1.45. The van der Waals surface area contributed by atoms with E-state index in [4.69, 9.17) is 16.4 Å². The first-order chi connectivity index (χ1) is 16.8. The first-order valence-corrected chi connectivity index (χ1v) is 11.3. The van der Waals surface area contributed by atoms with Crippen LogP contribution in [-0.4, -0.2) is 25.7 Å². The molecule has 0 unspecified atom stereocenters. The summed E-state index contributed by atoms with van der Waals surface area (Å²) < 4.78 is 16.9. The smallest absolute Gasteiger partial charge is 0.274 e. The Kier molecular flexibility index (Phi) is 7.38. The number of carbonyl (C=O) groups excluding carboxylic acids is 1. The van der Waals surface area contributed by atoms with Crippen molar-refractivity contribution in [2.75, 3.05) is 5.32 Å². The van der Waals surface area contributed by atoms with Crippen molar-refractivity contribution in [2.45, 2.75) is 33.4 Å². The Bertz CT molecular complexity index is 1340. The molecule has 0 aliphatic rings. The Labute approximate surface area is 207 Å². The summed E-state index contributed by atoms with van der Waals surface area (Å²) in [6.45, 7) is 5.67. The molecule has 2 heterocycles. The molecule has 10 heteroatoms. The van der Waals surface area contributed by atoms with Gasteiger partial charge in [0.15, 0.2) is 0 Å². The van der Waals surface area contributed by atoms with Crippen LogP contribution in [0.2, 0.25) is 5.02 Å². The van der Waals surface area contributed by atoms with Crippen molar-refractivity contribution in [3.8, 4) is 11.3 Å². The van der Waals surface area contributed by atoms with Gasteiger partial charge in [0.1, 0.15) is 12.4 Å². The van der Waals surface area contributed by atoms with Crippen molar-refractivity contribution in [1.82, 2.24) is 25.2 Å². The number of amides is 1. The van der Waals surface area contributed by atoms with Crippen LogP contribution in [0.25, 0.3) is 11.3 Å². The molecule has 4 rings (SSSR count). The van der Waals surface area contributed by atoms with E-state index in [9.17, 15) is 4.79 Å². The van der Waals surface area contributed by atoms with Crippen LogP contribution < -0.4 is 10.8 Å². The molecule has 0 radical (unpaired) electrons.